The van der Waals surface area contributed by atoms with Gasteiger partial charge in [0.05, 0.1) is 16.3 Å². The van der Waals surface area contributed by atoms with Crippen LogP contribution in [0.2, 0.25) is 0 Å². The maximum Gasteiger partial charge on any atom is 0.177 e. The van der Waals surface area contributed by atoms with Crippen molar-refractivity contribution in [3.8, 4) is 0 Å². The van der Waals surface area contributed by atoms with Gasteiger partial charge in [-0.1, -0.05) is 6.07 Å². The molecule has 4 nitrogen and oxygen atoms in total. The summed E-state index contributed by atoms with van der Waals surface area (Å²) in [5.74, 6) is 0. The fourth-order valence-electron chi connectivity index (χ4n) is 2.05. The number of hydrogen-bond acceptors (Lipinski definition) is 4. The van der Waals surface area contributed by atoms with Gasteiger partial charge in [-0.25, -0.2) is 8.42 Å². The second kappa shape index (κ2) is 3.91. The highest BCUT2D eigenvalue weighted by molar-refractivity contribution is 7.90. The molecule has 5 heteroatoms. The normalized spacial score (nSPS) is 18.5. The second-order valence-corrected chi connectivity index (χ2v) is 7.12. The van der Waals surface area contributed by atoms with Gasteiger partial charge in [-0.2, -0.15) is 0 Å². The Morgan fingerprint density at radius 3 is 2.65 bits per heavy atom. The number of nitrogens with one attached hydrogen (secondary N) is 2. The van der Waals surface area contributed by atoms with E-state index in [1.54, 1.807) is 12.1 Å². The van der Waals surface area contributed by atoms with E-state index in [9.17, 15) is 8.42 Å². The molecule has 0 saturated carbocycles. The number of sulfone groups is 1. The van der Waals surface area contributed by atoms with Crippen molar-refractivity contribution in [1.82, 2.24) is 0 Å². The van der Waals surface area contributed by atoms with E-state index in [-0.39, 0.29) is 5.54 Å². The van der Waals surface area contributed by atoms with Gasteiger partial charge >= 0.3 is 0 Å². The average Bonchev–Trinajstić information content (AvgIpc) is 2.32. The molecular formula is C12H18N2O2S. The zero-order valence-electron chi connectivity index (χ0n) is 10.4. The lowest BCUT2D eigenvalue weighted by Crippen LogP contribution is -2.30. The van der Waals surface area contributed by atoms with Crippen LogP contribution in [0.25, 0.3) is 0 Å². The Morgan fingerprint density at radius 2 is 2.00 bits per heavy atom. The molecule has 0 bridgehead atoms. The van der Waals surface area contributed by atoms with E-state index in [0.717, 1.165) is 18.7 Å². The summed E-state index contributed by atoms with van der Waals surface area (Å²) in [5, 5.41) is 6.60. The number of fused-ring (bicyclic) bond motifs is 1. The van der Waals surface area contributed by atoms with Gasteiger partial charge in [0.2, 0.25) is 0 Å². The molecule has 0 aromatic heterocycles. The van der Waals surface area contributed by atoms with Gasteiger partial charge in [-0.15, -0.1) is 0 Å². The average molecular weight is 254 g/mol. The summed E-state index contributed by atoms with van der Waals surface area (Å²) in [6, 6.07) is 5.32. The van der Waals surface area contributed by atoms with Crippen LogP contribution in [0.3, 0.4) is 0 Å². The summed E-state index contributed by atoms with van der Waals surface area (Å²) < 4.78 is 23.4. The lowest BCUT2D eigenvalue weighted by atomic mass is 10.0. The van der Waals surface area contributed by atoms with E-state index in [1.165, 1.54) is 6.26 Å². The smallest absolute Gasteiger partial charge is 0.177 e. The van der Waals surface area contributed by atoms with Gasteiger partial charge in [0.1, 0.15) is 0 Å². The molecule has 2 rings (SSSR count). The summed E-state index contributed by atoms with van der Waals surface area (Å²) in [4.78, 5) is 0.361. The fraction of sp³-hybridized carbons (Fsp3) is 0.500. The fourth-order valence-corrected chi connectivity index (χ4v) is 2.93. The molecule has 0 atom stereocenters. The molecule has 0 radical (unpaired) electrons. The summed E-state index contributed by atoms with van der Waals surface area (Å²) in [7, 11) is -3.20. The molecule has 2 N–H and O–H groups in total. The van der Waals surface area contributed by atoms with Crippen LogP contribution in [0.4, 0.5) is 11.4 Å². The number of anilines is 2. The second-order valence-electron chi connectivity index (χ2n) is 5.14. The first-order valence-corrected chi connectivity index (χ1v) is 7.54. The molecule has 94 valence electrons. The first-order chi connectivity index (χ1) is 7.80. The van der Waals surface area contributed by atoms with Gasteiger partial charge in [-0.05, 0) is 32.4 Å². The summed E-state index contributed by atoms with van der Waals surface area (Å²) in [6.45, 7) is 4.98. The van der Waals surface area contributed by atoms with Gasteiger partial charge in [-0.3, -0.25) is 0 Å². The Labute approximate surface area is 102 Å². The minimum Gasteiger partial charge on any atom is -0.382 e. The van der Waals surface area contributed by atoms with E-state index in [4.69, 9.17) is 0 Å². The van der Waals surface area contributed by atoms with E-state index in [1.807, 2.05) is 6.07 Å². The maximum atomic E-state index is 11.7. The van der Waals surface area contributed by atoms with Crippen LogP contribution in [0.15, 0.2) is 23.1 Å². The summed E-state index contributed by atoms with van der Waals surface area (Å²) in [6.07, 6.45) is 2.17. The lowest BCUT2D eigenvalue weighted by Gasteiger charge is -2.25. The SMILES string of the molecule is CC1(C)CCNc2c(cccc2S(C)(=O)=O)N1. The molecule has 1 heterocycles. The van der Waals surface area contributed by atoms with Crippen molar-refractivity contribution in [2.45, 2.75) is 30.7 Å². The standard InChI is InChI=1S/C12H18N2O2S/c1-12(2)7-8-13-11-9(14-12)5-4-6-10(11)17(3,15)16/h4-6,13-14H,7-8H2,1-3H3. The highest BCUT2D eigenvalue weighted by Crippen LogP contribution is 2.34. The highest BCUT2D eigenvalue weighted by atomic mass is 32.2. The third kappa shape index (κ3) is 2.54. The van der Waals surface area contributed by atoms with Gasteiger partial charge in [0.15, 0.2) is 9.84 Å². The third-order valence-corrected chi connectivity index (χ3v) is 4.09. The van der Waals surface area contributed by atoms with Crippen LogP contribution < -0.4 is 10.6 Å². The topological polar surface area (TPSA) is 58.2 Å². The molecular weight excluding hydrogens is 236 g/mol. The van der Waals surface area contributed by atoms with E-state index < -0.39 is 9.84 Å². The monoisotopic (exact) mass is 254 g/mol. The maximum absolute atomic E-state index is 11.7. The first kappa shape index (κ1) is 12.2. The van der Waals surface area contributed by atoms with Crippen molar-refractivity contribution in [3.63, 3.8) is 0 Å². The molecule has 0 unspecified atom stereocenters. The molecule has 0 aliphatic carbocycles. The summed E-state index contributed by atoms with van der Waals surface area (Å²) in [5.41, 5.74) is 1.52. The van der Waals surface area contributed by atoms with Gasteiger partial charge in [0.25, 0.3) is 0 Å². The minimum atomic E-state index is -3.20. The third-order valence-electron chi connectivity index (χ3n) is 2.95. The molecule has 1 aliphatic heterocycles. The number of para-hydroxylation sites is 1. The van der Waals surface area contributed by atoms with Gasteiger partial charge in [0, 0.05) is 18.3 Å². The van der Waals surface area contributed by atoms with Crippen molar-refractivity contribution in [1.29, 1.82) is 0 Å². The molecule has 1 aromatic rings. The first-order valence-electron chi connectivity index (χ1n) is 5.65. The Morgan fingerprint density at radius 1 is 1.29 bits per heavy atom. The van der Waals surface area contributed by atoms with Crippen molar-refractivity contribution in [3.05, 3.63) is 18.2 Å². The Balaban J connectivity index is 2.57. The largest absolute Gasteiger partial charge is 0.382 e. The minimum absolute atomic E-state index is 0.0334. The van der Waals surface area contributed by atoms with Crippen molar-refractivity contribution >= 4 is 21.2 Å². The molecule has 0 saturated heterocycles. The van der Waals surface area contributed by atoms with E-state index in [0.29, 0.717) is 10.6 Å². The van der Waals surface area contributed by atoms with E-state index >= 15 is 0 Å². The molecule has 0 spiro atoms. The van der Waals surface area contributed by atoms with Crippen molar-refractivity contribution in [2.75, 3.05) is 23.4 Å². The van der Waals surface area contributed by atoms with Crippen LogP contribution in [-0.4, -0.2) is 26.8 Å². The number of rotatable bonds is 1. The lowest BCUT2D eigenvalue weighted by molar-refractivity contribution is 0.540. The molecule has 1 aromatic carbocycles. The predicted molar refractivity (Wildman–Crippen MR) is 70.4 cm³/mol. The zero-order valence-corrected chi connectivity index (χ0v) is 11.2. The van der Waals surface area contributed by atoms with Crippen molar-refractivity contribution < 1.29 is 8.42 Å². The Bertz CT molecular complexity index is 535. The molecule has 1 aliphatic rings. The van der Waals surface area contributed by atoms with Crippen LogP contribution >= 0.6 is 0 Å². The highest BCUT2D eigenvalue weighted by Gasteiger charge is 2.25. The van der Waals surface area contributed by atoms with Crippen LogP contribution in [0.1, 0.15) is 20.3 Å². The van der Waals surface area contributed by atoms with Crippen LogP contribution in [0, 0.1) is 0 Å². The zero-order chi connectivity index (χ0) is 12.7. The molecule has 0 amide bonds. The van der Waals surface area contributed by atoms with Crippen LogP contribution in [-0.2, 0) is 9.84 Å². The summed E-state index contributed by atoms with van der Waals surface area (Å²) >= 11 is 0. The van der Waals surface area contributed by atoms with Gasteiger partial charge < -0.3 is 10.6 Å². The van der Waals surface area contributed by atoms with E-state index in [2.05, 4.69) is 24.5 Å². The van der Waals surface area contributed by atoms with Crippen LogP contribution in [0.5, 0.6) is 0 Å². The molecule has 17 heavy (non-hydrogen) atoms. The Hall–Kier alpha value is -1.23. The van der Waals surface area contributed by atoms with Crippen molar-refractivity contribution in [2.24, 2.45) is 0 Å². The number of hydrogen-bond donors (Lipinski definition) is 2. The number of benzene rings is 1. The Kier molecular flexibility index (Phi) is 2.81. The quantitative estimate of drug-likeness (QED) is 0.805. The predicted octanol–water partition coefficient (Wildman–Crippen LogP) is 2.10. The molecule has 0 fully saturated rings.